The molecule has 3 nitrogen and oxygen atoms in total. The van der Waals surface area contributed by atoms with Crippen LogP contribution in [0.5, 0.6) is 0 Å². The van der Waals surface area contributed by atoms with Crippen LogP contribution in [0.1, 0.15) is 45.5 Å². The largest absolute Gasteiger partial charge is 0.337 e. The van der Waals surface area contributed by atoms with Crippen LogP contribution in [0, 0.1) is 11.3 Å². The smallest absolute Gasteiger partial charge is 0.125 e. The molecule has 1 N–H and O–H groups in total. The first-order chi connectivity index (χ1) is 7.55. The van der Waals surface area contributed by atoms with E-state index in [1.165, 1.54) is 12.8 Å². The zero-order valence-corrected chi connectivity index (χ0v) is 10.8. The number of imidazole rings is 1. The minimum atomic E-state index is 0.344. The van der Waals surface area contributed by atoms with E-state index in [1.54, 1.807) is 0 Å². The van der Waals surface area contributed by atoms with Gasteiger partial charge in [-0.15, -0.1) is 0 Å². The van der Waals surface area contributed by atoms with Crippen molar-refractivity contribution in [1.29, 1.82) is 0 Å². The highest BCUT2D eigenvalue weighted by Gasteiger charge is 2.44. The number of rotatable bonds is 5. The summed E-state index contributed by atoms with van der Waals surface area (Å²) in [5.74, 6) is 1.91. The Morgan fingerprint density at radius 2 is 2.12 bits per heavy atom. The van der Waals surface area contributed by atoms with E-state index in [0.717, 1.165) is 18.3 Å². The maximum Gasteiger partial charge on any atom is 0.125 e. The molecule has 1 aromatic rings. The van der Waals surface area contributed by atoms with E-state index in [9.17, 15) is 0 Å². The molecule has 3 heteroatoms. The Morgan fingerprint density at radius 1 is 1.44 bits per heavy atom. The van der Waals surface area contributed by atoms with Crippen LogP contribution in [0.2, 0.25) is 0 Å². The molecule has 0 aromatic carbocycles. The molecule has 1 aliphatic carbocycles. The minimum absolute atomic E-state index is 0.344. The van der Waals surface area contributed by atoms with E-state index in [-0.39, 0.29) is 0 Å². The van der Waals surface area contributed by atoms with Gasteiger partial charge in [-0.2, -0.15) is 0 Å². The standard InChI is InChI=1S/C13H23N3/c1-10(2)13(5-6-13)9-15-11(3)12-14-7-8-16(12)4/h7-8,10-11,15H,5-6,9H2,1-4H3. The first-order valence-corrected chi connectivity index (χ1v) is 6.26. The molecule has 1 aliphatic rings. The predicted octanol–water partition coefficient (Wildman–Crippen LogP) is 2.51. The fraction of sp³-hybridized carbons (Fsp3) is 0.769. The predicted molar refractivity (Wildman–Crippen MR) is 66.1 cm³/mol. The van der Waals surface area contributed by atoms with Gasteiger partial charge in [0.2, 0.25) is 0 Å². The monoisotopic (exact) mass is 221 g/mol. The molecular formula is C13H23N3. The Hall–Kier alpha value is -0.830. The molecule has 1 fully saturated rings. The molecule has 90 valence electrons. The summed E-state index contributed by atoms with van der Waals surface area (Å²) in [4.78, 5) is 4.38. The molecule has 0 amide bonds. The molecule has 2 rings (SSSR count). The van der Waals surface area contributed by atoms with Gasteiger partial charge in [-0.3, -0.25) is 0 Å². The molecule has 0 aliphatic heterocycles. The number of hydrogen-bond acceptors (Lipinski definition) is 2. The lowest BCUT2D eigenvalue weighted by atomic mass is 9.92. The number of hydrogen-bond donors (Lipinski definition) is 1. The molecule has 16 heavy (non-hydrogen) atoms. The van der Waals surface area contributed by atoms with Gasteiger partial charge >= 0.3 is 0 Å². The van der Waals surface area contributed by atoms with Gasteiger partial charge in [0.15, 0.2) is 0 Å². The summed E-state index contributed by atoms with van der Waals surface area (Å²) in [5.41, 5.74) is 0.569. The number of aromatic nitrogens is 2. The van der Waals surface area contributed by atoms with Crippen LogP contribution < -0.4 is 5.32 Å². The van der Waals surface area contributed by atoms with Crippen LogP contribution in [-0.4, -0.2) is 16.1 Å². The van der Waals surface area contributed by atoms with Crippen molar-refractivity contribution < 1.29 is 0 Å². The van der Waals surface area contributed by atoms with Gasteiger partial charge in [0.05, 0.1) is 6.04 Å². The molecule has 0 radical (unpaired) electrons. The van der Waals surface area contributed by atoms with Crippen molar-refractivity contribution in [2.75, 3.05) is 6.54 Å². The van der Waals surface area contributed by atoms with Crippen LogP contribution in [0.15, 0.2) is 12.4 Å². The van der Waals surface area contributed by atoms with E-state index in [1.807, 2.05) is 12.4 Å². The zero-order valence-electron chi connectivity index (χ0n) is 10.8. The van der Waals surface area contributed by atoms with E-state index in [2.05, 4.69) is 42.7 Å². The van der Waals surface area contributed by atoms with Crippen LogP contribution in [0.25, 0.3) is 0 Å². The molecule has 1 atom stereocenters. The normalized spacial score (nSPS) is 20.1. The van der Waals surface area contributed by atoms with E-state index < -0.39 is 0 Å². The lowest BCUT2D eigenvalue weighted by molar-refractivity contribution is 0.321. The minimum Gasteiger partial charge on any atom is -0.337 e. The van der Waals surface area contributed by atoms with Gasteiger partial charge < -0.3 is 9.88 Å². The van der Waals surface area contributed by atoms with Crippen molar-refractivity contribution in [3.05, 3.63) is 18.2 Å². The number of aryl methyl sites for hydroxylation is 1. The van der Waals surface area contributed by atoms with Gasteiger partial charge in [0.1, 0.15) is 5.82 Å². The highest BCUT2D eigenvalue weighted by Crippen LogP contribution is 2.51. The first kappa shape index (κ1) is 11.6. The summed E-state index contributed by atoms with van der Waals surface area (Å²) in [6, 6.07) is 0.344. The Labute approximate surface area is 98.3 Å². The number of nitrogens with one attached hydrogen (secondary N) is 1. The maximum absolute atomic E-state index is 4.38. The molecule has 1 aromatic heterocycles. The third kappa shape index (κ3) is 2.14. The summed E-state index contributed by atoms with van der Waals surface area (Å²) in [6.07, 6.45) is 6.63. The SMILES string of the molecule is CC(NCC1(C(C)C)CC1)c1nccn1C. The van der Waals surface area contributed by atoms with Crippen LogP contribution >= 0.6 is 0 Å². The first-order valence-electron chi connectivity index (χ1n) is 6.26. The fourth-order valence-electron chi connectivity index (χ4n) is 2.36. The Kier molecular flexibility index (Phi) is 3.06. The lowest BCUT2D eigenvalue weighted by Gasteiger charge is -2.23. The Balaban J connectivity index is 1.89. The van der Waals surface area contributed by atoms with Crippen molar-refractivity contribution >= 4 is 0 Å². The van der Waals surface area contributed by atoms with E-state index in [4.69, 9.17) is 0 Å². The third-order valence-corrected chi connectivity index (χ3v) is 4.12. The van der Waals surface area contributed by atoms with Gasteiger partial charge in [-0.05, 0) is 31.1 Å². The molecule has 0 spiro atoms. The maximum atomic E-state index is 4.38. The third-order valence-electron chi connectivity index (χ3n) is 4.12. The zero-order chi connectivity index (χ0) is 11.8. The summed E-state index contributed by atoms with van der Waals surface area (Å²) >= 11 is 0. The van der Waals surface area contributed by atoms with Gasteiger partial charge in [-0.1, -0.05) is 13.8 Å². The van der Waals surface area contributed by atoms with Gasteiger partial charge in [-0.25, -0.2) is 4.98 Å². The van der Waals surface area contributed by atoms with Gasteiger partial charge in [0.25, 0.3) is 0 Å². The van der Waals surface area contributed by atoms with Crippen LogP contribution in [0.3, 0.4) is 0 Å². The molecule has 1 heterocycles. The Morgan fingerprint density at radius 3 is 2.56 bits per heavy atom. The van der Waals surface area contributed by atoms with Crippen molar-refractivity contribution in [2.24, 2.45) is 18.4 Å². The summed E-state index contributed by atoms with van der Waals surface area (Å²) in [6.45, 7) is 7.98. The summed E-state index contributed by atoms with van der Waals surface area (Å²) in [7, 11) is 2.05. The van der Waals surface area contributed by atoms with Crippen molar-refractivity contribution in [1.82, 2.24) is 14.9 Å². The second kappa shape index (κ2) is 4.21. The second-order valence-electron chi connectivity index (χ2n) is 5.52. The van der Waals surface area contributed by atoms with Crippen LogP contribution in [-0.2, 0) is 7.05 Å². The molecule has 0 saturated heterocycles. The van der Waals surface area contributed by atoms with Crippen molar-refractivity contribution in [3.63, 3.8) is 0 Å². The number of nitrogens with zero attached hydrogens (tertiary/aromatic N) is 2. The highest BCUT2D eigenvalue weighted by molar-refractivity contribution is 5.01. The lowest BCUT2D eigenvalue weighted by Crippen LogP contribution is -2.30. The Bertz CT molecular complexity index is 350. The molecule has 1 saturated carbocycles. The van der Waals surface area contributed by atoms with E-state index >= 15 is 0 Å². The fourth-order valence-corrected chi connectivity index (χ4v) is 2.36. The summed E-state index contributed by atoms with van der Waals surface area (Å²) < 4.78 is 2.09. The second-order valence-corrected chi connectivity index (χ2v) is 5.52. The highest BCUT2D eigenvalue weighted by atomic mass is 15.1. The quantitative estimate of drug-likeness (QED) is 0.828. The molecule has 1 unspecified atom stereocenters. The average Bonchev–Trinajstić information content (AvgIpc) is 2.92. The van der Waals surface area contributed by atoms with Gasteiger partial charge in [0, 0.05) is 26.0 Å². The van der Waals surface area contributed by atoms with E-state index in [0.29, 0.717) is 11.5 Å². The average molecular weight is 221 g/mol. The van der Waals surface area contributed by atoms with Crippen molar-refractivity contribution in [2.45, 2.75) is 39.7 Å². The van der Waals surface area contributed by atoms with Crippen LogP contribution in [0.4, 0.5) is 0 Å². The topological polar surface area (TPSA) is 29.9 Å². The molecular weight excluding hydrogens is 198 g/mol. The van der Waals surface area contributed by atoms with Crippen molar-refractivity contribution in [3.8, 4) is 0 Å². The summed E-state index contributed by atoms with van der Waals surface area (Å²) in [5, 5.41) is 3.63. The molecule has 0 bridgehead atoms.